The van der Waals surface area contributed by atoms with Crippen molar-refractivity contribution >= 4 is 64.6 Å². The van der Waals surface area contributed by atoms with E-state index in [0.717, 1.165) is 77.2 Å². The highest BCUT2D eigenvalue weighted by molar-refractivity contribution is 6.10. The van der Waals surface area contributed by atoms with Gasteiger partial charge in [-0.1, -0.05) is 158 Å². The van der Waals surface area contributed by atoms with Crippen LogP contribution in [-0.2, 0) is 0 Å². The van der Waals surface area contributed by atoms with Crippen molar-refractivity contribution < 1.29 is 18.9 Å². The minimum absolute atomic E-state index is 0.495. The summed E-state index contributed by atoms with van der Waals surface area (Å²) in [5.74, 6) is 3.49. The second-order valence-corrected chi connectivity index (χ2v) is 14.7. The summed E-state index contributed by atoms with van der Waals surface area (Å²) in [6, 6.07) is 63.7. The van der Waals surface area contributed by atoms with E-state index >= 15 is 0 Å². The van der Waals surface area contributed by atoms with Gasteiger partial charge in [0.15, 0.2) is 0 Å². The third kappa shape index (κ3) is 6.77. The third-order valence-electron chi connectivity index (χ3n) is 11.1. The highest BCUT2D eigenvalue weighted by atomic mass is 16.5. The lowest BCUT2D eigenvalue weighted by Crippen LogP contribution is -2.08. The molecule has 0 amide bonds. The van der Waals surface area contributed by atoms with E-state index in [1.807, 2.05) is 0 Å². The Balaban J connectivity index is 0.909. The first-order valence-electron chi connectivity index (χ1n) is 20.2. The Morgan fingerprint density at radius 3 is 0.914 bits per heavy atom. The fraction of sp³-hybridized carbons (Fsp3) is 0.111. The monoisotopic (exact) mass is 754 g/mol. The fourth-order valence-corrected chi connectivity index (χ4v) is 8.34. The number of fused-ring (bicyclic) bond motifs is 6. The van der Waals surface area contributed by atoms with Crippen LogP contribution in [0.1, 0.15) is 12.8 Å². The van der Waals surface area contributed by atoms with Crippen LogP contribution in [0.4, 0.5) is 0 Å². The number of benzene rings is 10. The summed E-state index contributed by atoms with van der Waals surface area (Å²) >= 11 is 0. The van der Waals surface area contributed by atoms with Crippen molar-refractivity contribution in [1.29, 1.82) is 0 Å². The zero-order valence-corrected chi connectivity index (χ0v) is 32.2. The van der Waals surface area contributed by atoms with Crippen LogP contribution in [0.5, 0.6) is 23.0 Å². The lowest BCUT2D eigenvalue weighted by Gasteiger charge is -2.20. The zero-order chi connectivity index (χ0) is 38.7. The van der Waals surface area contributed by atoms with Crippen LogP contribution in [0.3, 0.4) is 0 Å². The van der Waals surface area contributed by atoms with E-state index < -0.39 is 0 Å². The molecule has 58 heavy (non-hydrogen) atoms. The van der Waals surface area contributed by atoms with Crippen LogP contribution in [0, 0.1) is 0 Å². The van der Waals surface area contributed by atoms with Gasteiger partial charge in [-0.25, -0.2) is 0 Å². The van der Waals surface area contributed by atoms with Gasteiger partial charge in [0.2, 0.25) is 0 Å². The summed E-state index contributed by atoms with van der Waals surface area (Å²) in [6.07, 6.45) is 1.43. The molecular weight excluding hydrogens is 713 g/mol. The van der Waals surface area contributed by atoms with Crippen molar-refractivity contribution in [3.8, 4) is 34.1 Å². The van der Waals surface area contributed by atoms with E-state index in [1.54, 1.807) is 0 Å². The van der Waals surface area contributed by atoms with Gasteiger partial charge >= 0.3 is 0 Å². The average Bonchev–Trinajstić information content (AvgIpc) is 3.28. The van der Waals surface area contributed by atoms with E-state index in [9.17, 15) is 0 Å². The molecule has 0 atom stereocenters. The molecule has 0 fully saturated rings. The molecular formula is C54H42O4. The number of ether oxygens (including phenoxy) is 4. The summed E-state index contributed by atoms with van der Waals surface area (Å²) in [4.78, 5) is 0. The molecule has 0 saturated heterocycles. The van der Waals surface area contributed by atoms with Gasteiger partial charge in [-0.3, -0.25) is 0 Å². The van der Waals surface area contributed by atoms with Gasteiger partial charge in [0.25, 0.3) is 0 Å². The summed E-state index contributed by atoms with van der Waals surface area (Å²) in [5, 5.41) is 13.7. The summed E-state index contributed by atoms with van der Waals surface area (Å²) in [7, 11) is 0. The van der Waals surface area contributed by atoms with Crippen molar-refractivity contribution in [2.75, 3.05) is 26.4 Å². The molecule has 0 N–H and O–H groups in total. The molecule has 0 aliphatic rings. The molecule has 282 valence electrons. The van der Waals surface area contributed by atoms with Gasteiger partial charge in [-0.2, -0.15) is 0 Å². The van der Waals surface area contributed by atoms with Crippen molar-refractivity contribution in [3.05, 3.63) is 182 Å². The van der Waals surface area contributed by atoms with Gasteiger partial charge in [-0.05, 0) is 67.4 Å². The smallest absolute Gasteiger partial charge is 0.134 e. The highest BCUT2D eigenvalue weighted by Gasteiger charge is 2.20. The molecule has 0 aliphatic carbocycles. The molecule has 0 spiro atoms. The van der Waals surface area contributed by atoms with E-state index in [4.69, 9.17) is 18.9 Å². The number of rotatable bonds is 13. The maximum absolute atomic E-state index is 6.72. The Labute approximate surface area is 337 Å². The molecule has 0 unspecified atom stereocenters. The van der Waals surface area contributed by atoms with E-state index in [2.05, 4.69) is 182 Å². The Bertz CT molecular complexity index is 2780. The SMILES string of the molecule is c1ccc2c(-c3c(OCCCOc4c5ccccc5cc5ccccc45)ccc4ccccc34)c(OCCCOc3c4ccccc4cc4ccccc34)ccc2c1. The molecule has 10 aromatic rings. The van der Waals surface area contributed by atoms with Gasteiger partial charge in [0, 0.05) is 45.5 Å². The lowest BCUT2D eigenvalue weighted by molar-refractivity contribution is 0.249. The van der Waals surface area contributed by atoms with Crippen molar-refractivity contribution in [2.24, 2.45) is 0 Å². The van der Waals surface area contributed by atoms with Gasteiger partial charge in [0.1, 0.15) is 23.0 Å². The van der Waals surface area contributed by atoms with E-state index in [1.165, 1.54) is 21.5 Å². The minimum atomic E-state index is 0.495. The predicted octanol–water partition coefficient (Wildman–Crippen LogP) is 14.0. The van der Waals surface area contributed by atoms with Crippen molar-refractivity contribution in [3.63, 3.8) is 0 Å². The molecule has 0 aliphatic heterocycles. The number of hydrogen-bond acceptors (Lipinski definition) is 4. The van der Waals surface area contributed by atoms with Gasteiger partial charge in [0.05, 0.1) is 26.4 Å². The maximum atomic E-state index is 6.72. The summed E-state index contributed by atoms with van der Waals surface area (Å²) in [5.41, 5.74) is 2.06. The van der Waals surface area contributed by atoms with E-state index in [-0.39, 0.29) is 0 Å². The van der Waals surface area contributed by atoms with Crippen LogP contribution in [0.25, 0.3) is 75.8 Å². The third-order valence-corrected chi connectivity index (χ3v) is 11.1. The first-order valence-corrected chi connectivity index (χ1v) is 20.2. The van der Waals surface area contributed by atoms with Crippen LogP contribution >= 0.6 is 0 Å². The van der Waals surface area contributed by atoms with Crippen LogP contribution in [0.2, 0.25) is 0 Å². The quantitative estimate of drug-likeness (QED) is 0.0868. The Kier molecular flexibility index (Phi) is 9.66. The van der Waals surface area contributed by atoms with E-state index in [0.29, 0.717) is 39.3 Å². The summed E-state index contributed by atoms with van der Waals surface area (Å²) < 4.78 is 26.6. The molecule has 4 heteroatoms. The minimum Gasteiger partial charge on any atom is -0.493 e. The first kappa shape index (κ1) is 35.4. The molecule has 10 aromatic carbocycles. The van der Waals surface area contributed by atoms with Crippen molar-refractivity contribution in [1.82, 2.24) is 0 Å². The van der Waals surface area contributed by atoms with Crippen molar-refractivity contribution in [2.45, 2.75) is 12.8 Å². The first-order chi connectivity index (χ1) is 28.8. The van der Waals surface area contributed by atoms with Crippen LogP contribution < -0.4 is 18.9 Å². The predicted molar refractivity (Wildman–Crippen MR) is 241 cm³/mol. The topological polar surface area (TPSA) is 36.9 Å². The molecule has 0 bridgehead atoms. The molecule has 10 rings (SSSR count). The van der Waals surface area contributed by atoms with Crippen LogP contribution in [-0.4, -0.2) is 26.4 Å². The number of hydrogen-bond donors (Lipinski definition) is 0. The normalized spacial score (nSPS) is 11.5. The second kappa shape index (κ2) is 15.8. The zero-order valence-electron chi connectivity index (χ0n) is 32.2. The fourth-order valence-electron chi connectivity index (χ4n) is 8.34. The molecule has 0 aromatic heterocycles. The average molecular weight is 755 g/mol. The van der Waals surface area contributed by atoms with Gasteiger partial charge in [-0.15, -0.1) is 0 Å². The molecule has 4 nitrogen and oxygen atoms in total. The van der Waals surface area contributed by atoms with Crippen LogP contribution in [0.15, 0.2) is 182 Å². The lowest BCUT2D eigenvalue weighted by atomic mass is 9.92. The molecule has 0 saturated carbocycles. The maximum Gasteiger partial charge on any atom is 0.134 e. The standard InChI is InChI=1S/C54H42O4/c1-7-21-43-37(15-1)27-29-49(55-31-13-33-57-53-45-23-9-3-17-39(45)35-40-18-4-10-24-46(40)53)51(43)52-44-22-8-2-16-38(44)28-30-50(52)56-32-14-34-58-54-47-25-11-5-19-41(47)36-42-20-6-12-26-48(42)54/h1-12,15-30,35-36H,13-14,31-34H2. The Hall–Kier alpha value is -7.04. The largest absolute Gasteiger partial charge is 0.493 e. The molecule has 0 radical (unpaired) electrons. The second-order valence-electron chi connectivity index (χ2n) is 14.7. The highest BCUT2D eigenvalue weighted by Crippen LogP contribution is 2.46. The Morgan fingerprint density at radius 1 is 0.259 bits per heavy atom. The van der Waals surface area contributed by atoms with Gasteiger partial charge < -0.3 is 18.9 Å². The Morgan fingerprint density at radius 2 is 0.552 bits per heavy atom. The molecule has 0 heterocycles. The summed E-state index contributed by atoms with van der Waals surface area (Å²) in [6.45, 7) is 2.05.